The number of hydrogen-bond acceptors (Lipinski definition) is 3. The molecule has 0 spiro atoms. The van der Waals surface area contributed by atoms with Crippen LogP contribution in [0.25, 0.3) is 0 Å². The number of aryl methyl sites for hydroxylation is 1. The Morgan fingerprint density at radius 2 is 1.95 bits per heavy atom. The summed E-state index contributed by atoms with van der Waals surface area (Å²) >= 11 is 0. The summed E-state index contributed by atoms with van der Waals surface area (Å²) in [7, 11) is 1.92. The minimum absolute atomic E-state index is 0. The van der Waals surface area contributed by atoms with E-state index in [4.69, 9.17) is 5.11 Å². The van der Waals surface area contributed by atoms with E-state index < -0.39 is 5.97 Å². The van der Waals surface area contributed by atoms with E-state index in [1.54, 1.807) is 12.1 Å². The lowest BCUT2D eigenvalue weighted by atomic mass is 10.1. The summed E-state index contributed by atoms with van der Waals surface area (Å²) in [5.74, 6) is -0.898. The van der Waals surface area contributed by atoms with E-state index in [1.165, 1.54) is 5.56 Å². The van der Waals surface area contributed by atoms with Crippen LogP contribution >= 0.6 is 12.4 Å². The first-order valence-corrected chi connectivity index (χ1v) is 6.08. The Labute approximate surface area is 124 Å². The van der Waals surface area contributed by atoms with Crippen LogP contribution in [-0.4, -0.2) is 20.9 Å². The summed E-state index contributed by atoms with van der Waals surface area (Å²) < 4.78 is 1.85. The number of nitrogens with one attached hydrogen (secondary N) is 1. The minimum Gasteiger partial charge on any atom is -0.478 e. The number of aromatic nitrogens is 2. The van der Waals surface area contributed by atoms with Crippen LogP contribution in [0.1, 0.15) is 27.2 Å². The molecule has 0 bridgehead atoms. The van der Waals surface area contributed by atoms with Gasteiger partial charge in [0, 0.05) is 31.4 Å². The van der Waals surface area contributed by atoms with Crippen LogP contribution in [0.2, 0.25) is 0 Å². The van der Waals surface area contributed by atoms with Gasteiger partial charge in [0.25, 0.3) is 0 Å². The summed E-state index contributed by atoms with van der Waals surface area (Å²) in [6, 6.07) is 6.89. The Hall–Kier alpha value is -1.85. The fraction of sp³-hybridized carbons (Fsp3) is 0.286. The van der Waals surface area contributed by atoms with Gasteiger partial charge in [-0.05, 0) is 24.6 Å². The molecule has 108 valence electrons. The van der Waals surface area contributed by atoms with Crippen LogP contribution in [0.4, 0.5) is 0 Å². The summed E-state index contributed by atoms with van der Waals surface area (Å²) in [6.07, 6.45) is 1.86. The topological polar surface area (TPSA) is 67.2 Å². The highest BCUT2D eigenvalue weighted by atomic mass is 35.5. The summed E-state index contributed by atoms with van der Waals surface area (Å²) in [4.78, 5) is 10.7. The number of halogens is 1. The molecule has 0 saturated carbocycles. The second-order valence-electron chi connectivity index (χ2n) is 4.48. The summed E-state index contributed by atoms with van der Waals surface area (Å²) in [5.41, 5.74) is 3.69. The maximum Gasteiger partial charge on any atom is 0.335 e. The van der Waals surface area contributed by atoms with E-state index in [-0.39, 0.29) is 12.4 Å². The van der Waals surface area contributed by atoms with E-state index in [0.29, 0.717) is 12.1 Å². The van der Waals surface area contributed by atoms with Crippen LogP contribution in [0.15, 0.2) is 30.5 Å². The molecule has 5 nitrogen and oxygen atoms in total. The fourth-order valence-corrected chi connectivity index (χ4v) is 1.82. The van der Waals surface area contributed by atoms with Gasteiger partial charge in [-0.1, -0.05) is 12.1 Å². The molecule has 1 heterocycles. The van der Waals surface area contributed by atoms with Gasteiger partial charge in [0.2, 0.25) is 0 Å². The highest BCUT2D eigenvalue weighted by Gasteiger charge is 2.04. The van der Waals surface area contributed by atoms with Crippen molar-refractivity contribution in [1.82, 2.24) is 15.1 Å². The van der Waals surface area contributed by atoms with Crippen LogP contribution in [0.3, 0.4) is 0 Å². The lowest BCUT2D eigenvalue weighted by Crippen LogP contribution is -2.13. The lowest BCUT2D eigenvalue weighted by Gasteiger charge is -2.05. The molecule has 0 atom stereocenters. The fourth-order valence-electron chi connectivity index (χ4n) is 1.82. The molecule has 6 heteroatoms. The van der Waals surface area contributed by atoms with Gasteiger partial charge in [-0.15, -0.1) is 12.4 Å². The third-order valence-corrected chi connectivity index (χ3v) is 3.18. The van der Waals surface area contributed by atoms with Crippen molar-refractivity contribution < 1.29 is 9.90 Å². The molecule has 20 heavy (non-hydrogen) atoms. The molecule has 1 aromatic heterocycles. The monoisotopic (exact) mass is 295 g/mol. The van der Waals surface area contributed by atoms with Gasteiger partial charge in [-0.25, -0.2) is 4.79 Å². The average Bonchev–Trinajstić information content (AvgIpc) is 2.71. The standard InChI is InChI=1S/C14H17N3O2.ClH/c1-10-13(9-16-17(10)2)8-15-7-11-3-5-12(6-4-11)14(18)19;/h3-6,9,15H,7-8H2,1-2H3,(H,18,19);1H. The predicted octanol–water partition coefficient (Wildman–Crippen LogP) is 2.14. The van der Waals surface area contributed by atoms with Gasteiger partial charge in [-0.2, -0.15) is 5.10 Å². The van der Waals surface area contributed by atoms with Crippen LogP contribution in [0, 0.1) is 6.92 Å². The molecule has 0 aliphatic carbocycles. The van der Waals surface area contributed by atoms with Gasteiger partial charge in [0.1, 0.15) is 0 Å². The predicted molar refractivity (Wildman–Crippen MR) is 79.1 cm³/mol. The number of carboxylic acid groups (broad SMARTS) is 1. The molecule has 2 N–H and O–H groups in total. The molecule has 1 aromatic carbocycles. The Morgan fingerprint density at radius 3 is 2.45 bits per heavy atom. The van der Waals surface area contributed by atoms with Gasteiger partial charge in [0.15, 0.2) is 0 Å². The maximum absolute atomic E-state index is 10.7. The largest absolute Gasteiger partial charge is 0.478 e. The van der Waals surface area contributed by atoms with E-state index in [1.807, 2.05) is 37.0 Å². The van der Waals surface area contributed by atoms with Crippen molar-refractivity contribution in [3.05, 3.63) is 52.8 Å². The Balaban J connectivity index is 0.00000200. The molecule has 0 fully saturated rings. The number of aromatic carboxylic acids is 1. The first-order valence-electron chi connectivity index (χ1n) is 6.08. The zero-order chi connectivity index (χ0) is 13.8. The zero-order valence-electron chi connectivity index (χ0n) is 11.5. The number of rotatable bonds is 5. The van der Waals surface area contributed by atoms with Crippen molar-refractivity contribution in [3.8, 4) is 0 Å². The maximum atomic E-state index is 10.7. The molecule has 0 radical (unpaired) electrons. The van der Waals surface area contributed by atoms with E-state index in [9.17, 15) is 4.79 Å². The van der Waals surface area contributed by atoms with Crippen LogP contribution in [0.5, 0.6) is 0 Å². The van der Waals surface area contributed by atoms with Crippen molar-refractivity contribution in [1.29, 1.82) is 0 Å². The van der Waals surface area contributed by atoms with E-state index >= 15 is 0 Å². The Kier molecular flexibility index (Phi) is 5.73. The van der Waals surface area contributed by atoms with Gasteiger partial charge in [0.05, 0.1) is 11.8 Å². The van der Waals surface area contributed by atoms with E-state index in [0.717, 1.165) is 17.8 Å². The highest BCUT2D eigenvalue weighted by molar-refractivity contribution is 5.87. The number of carbonyl (C=O) groups is 1. The molecular weight excluding hydrogens is 278 g/mol. The molecule has 2 rings (SSSR count). The number of hydrogen-bond donors (Lipinski definition) is 2. The third-order valence-electron chi connectivity index (χ3n) is 3.18. The summed E-state index contributed by atoms with van der Waals surface area (Å²) in [6.45, 7) is 3.49. The number of nitrogens with zero attached hydrogens (tertiary/aromatic N) is 2. The molecular formula is C14H18ClN3O2. The van der Waals surface area contributed by atoms with Gasteiger partial charge >= 0.3 is 5.97 Å². The average molecular weight is 296 g/mol. The first kappa shape index (κ1) is 16.2. The number of benzene rings is 1. The summed E-state index contributed by atoms with van der Waals surface area (Å²) in [5, 5.41) is 16.3. The SMILES string of the molecule is Cc1c(CNCc2ccc(C(=O)O)cc2)cnn1C.Cl. The molecule has 0 unspecified atom stereocenters. The van der Waals surface area contributed by atoms with Crippen molar-refractivity contribution >= 4 is 18.4 Å². The number of carboxylic acids is 1. The quantitative estimate of drug-likeness (QED) is 0.887. The van der Waals surface area contributed by atoms with Crippen molar-refractivity contribution in [2.45, 2.75) is 20.0 Å². The third kappa shape index (κ3) is 3.82. The zero-order valence-corrected chi connectivity index (χ0v) is 12.3. The van der Waals surface area contributed by atoms with Crippen molar-refractivity contribution in [2.75, 3.05) is 0 Å². The van der Waals surface area contributed by atoms with Crippen molar-refractivity contribution in [2.24, 2.45) is 7.05 Å². The van der Waals surface area contributed by atoms with Crippen molar-refractivity contribution in [3.63, 3.8) is 0 Å². The second kappa shape index (κ2) is 7.07. The molecule has 0 aliphatic rings. The van der Waals surface area contributed by atoms with E-state index in [2.05, 4.69) is 10.4 Å². The normalized spacial score (nSPS) is 10.1. The molecule has 0 amide bonds. The first-order chi connectivity index (χ1) is 9.08. The highest BCUT2D eigenvalue weighted by Crippen LogP contribution is 2.07. The smallest absolute Gasteiger partial charge is 0.335 e. The Bertz CT molecular complexity index is 579. The second-order valence-corrected chi connectivity index (χ2v) is 4.48. The van der Waals surface area contributed by atoms with Crippen LogP contribution < -0.4 is 5.32 Å². The lowest BCUT2D eigenvalue weighted by molar-refractivity contribution is 0.0697. The minimum atomic E-state index is -0.898. The Morgan fingerprint density at radius 1 is 1.30 bits per heavy atom. The molecule has 0 saturated heterocycles. The van der Waals surface area contributed by atoms with Crippen LogP contribution in [-0.2, 0) is 20.1 Å². The van der Waals surface area contributed by atoms with Gasteiger partial charge in [-0.3, -0.25) is 4.68 Å². The van der Waals surface area contributed by atoms with Gasteiger partial charge < -0.3 is 10.4 Å². The molecule has 0 aliphatic heterocycles. The molecule has 2 aromatic rings.